The Kier molecular flexibility index (Phi) is 3.29. The van der Waals surface area contributed by atoms with E-state index in [-0.39, 0.29) is 0 Å². The van der Waals surface area contributed by atoms with E-state index in [1.54, 1.807) is 7.11 Å². The number of hydrogen-bond acceptors (Lipinski definition) is 4. The molecule has 0 bridgehead atoms. The summed E-state index contributed by atoms with van der Waals surface area (Å²) in [7, 11) is 1.65. The maximum atomic E-state index is 5.56. The molecule has 0 saturated carbocycles. The number of hydrogen-bond donors (Lipinski definition) is 1. The summed E-state index contributed by atoms with van der Waals surface area (Å²) < 4.78 is 16.0. The van der Waals surface area contributed by atoms with Gasteiger partial charge in [0.05, 0.1) is 13.2 Å². The number of nitrogens with one attached hydrogen (secondary N) is 1. The predicted molar refractivity (Wildman–Crippen MR) is 57.5 cm³/mol. The molecule has 0 saturated heterocycles. The third-order valence-electron chi connectivity index (χ3n) is 2.17. The first-order valence-corrected chi connectivity index (χ1v) is 5.02. The van der Waals surface area contributed by atoms with Gasteiger partial charge in [0.25, 0.3) is 0 Å². The molecule has 4 nitrogen and oxygen atoms in total. The highest BCUT2D eigenvalue weighted by molar-refractivity contribution is 5.54. The Bertz CT molecular complexity index is 328. The standard InChI is InChI=1S/C11H15NO3/c1-13-8-12-9-3-4-10-11(7-9)15-6-2-5-14-10/h3-4,7,12H,2,5-6,8H2,1H3. The van der Waals surface area contributed by atoms with Crippen LogP contribution in [0.1, 0.15) is 6.42 Å². The molecule has 1 aliphatic rings. The van der Waals surface area contributed by atoms with E-state index in [2.05, 4.69) is 5.32 Å². The van der Waals surface area contributed by atoms with Crippen LogP contribution in [0, 0.1) is 0 Å². The summed E-state index contributed by atoms with van der Waals surface area (Å²) in [5, 5.41) is 3.11. The summed E-state index contributed by atoms with van der Waals surface area (Å²) in [6.45, 7) is 1.91. The average molecular weight is 209 g/mol. The minimum Gasteiger partial charge on any atom is -0.490 e. The van der Waals surface area contributed by atoms with Crippen LogP contribution in [0.2, 0.25) is 0 Å². The zero-order valence-electron chi connectivity index (χ0n) is 8.79. The summed E-state index contributed by atoms with van der Waals surface area (Å²) in [5.74, 6) is 1.61. The van der Waals surface area contributed by atoms with Crippen LogP contribution in [-0.2, 0) is 4.74 Å². The van der Waals surface area contributed by atoms with Crippen molar-refractivity contribution in [3.63, 3.8) is 0 Å². The molecule has 0 radical (unpaired) electrons. The molecular formula is C11H15NO3. The van der Waals surface area contributed by atoms with E-state index in [1.807, 2.05) is 18.2 Å². The van der Waals surface area contributed by atoms with Crippen LogP contribution < -0.4 is 14.8 Å². The number of benzene rings is 1. The Morgan fingerprint density at radius 1 is 1.27 bits per heavy atom. The second-order valence-corrected chi connectivity index (χ2v) is 3.32. The summed E-state index contributed by atoms with van der Waals surface area (Å²) in [5.41, 5.74) is 0.973. The van der Waals surface area contributed by atoms with Crippen molar-refractivity contribution in [2.75, 3.05) is 32.4 Å². The van der Waals surface area contributed by atoms with Gasteiger partial charge in [-0.25, -0.2) is 0 Å². The molecule has 0 atom stereocenters. The van der Waals surface area contributed by atoms with Crippen LogP contribution in [0.3, 0.4) is 0 Å². The first-order chi connectivity index (χ1) is 7.40. The van der Waals surface area contributed by atoms with Gasteiger partial charge >= 0.3 is 0 Å². The van der Waals surface area contributed by atoms with Crippen molar-refractivity contribution < 1.29 is 14.2 Å². The van der Waals surface area contributed by atoms with Gasteiger partial charge in [-0.05, 0) is 12.1 Å². The fourth-order valence-corrected chi connectivity index (χ4v) is 1.43. The molecular weight excluding hydrogens is 194 g/mol. The minimum atomic E-state index is 0.486. The molecule has 1 aliphatic heterocycles. The summed E-state index contributed by atoms with van der Waals surface area (Å²) in [4.78, 5) is 0. The molecule has 1 aromatic rings. The van der Waals surface area contributed by atoms with Crippen molar-refractivity contribution in [1.82, 2.24) is 0 Å². The van der Waals surface area contributed by atoms with Gasteiger partial charge in [-0.15, -0.1) is 0 Å². The number of rotatable bonds is 3. The van der Waals surface area contributed by atoms with Crippen molar-refractivity contribution in [3.05, 3.63) is 18.2 Å². The minimum absolute atomic E-state index is 0.486. The highest BCUT2D eigenvalue weighted by atomic mass is 16.5. The van der Waals surface area contributed by atoms with Crippen LogP contribution in [0.4, 0.5) is 5.69 Å². The van der Waals surface area contributed by atoms with E-state index in [4.69, 9.17) is 14.2 Å². The average Bonchev–Trinajstić information content (AvgIpc) is 2.50. The van der Waals surface area contributed by atoms with Gasteiger partial charge in [-0.2, -0.15) is 0 Å². The monoisotopic (exact) mass is 209 g/mol. The molecule has 15 heavy (non-hydrogen) atoms. The second-order valence-electron chi connectivity index (χ2n) is 3.32. The van der Waals surface area contributed by atoms with E-state index in [9.17, 15) is 0 Å². The molecule has 1 heterocycles. The third kappa shape index (κ3) is 2.53. The summed E-state index contributed by atoms with van der Waals surface area (Å²) in [6, 6.07) is 5.80. The molecule has 0 fully saturated rings. The lowest BCUT2D eigenvalue weighted by Gasteiger charge is -2.10. The van der Waals surface area contributed by atoms with Crippen LogP contribution in [0.25, 0.3) is 0 Å². The summed E-state index contributed by atoms with van der Waals surface area (Å²) in [6.07, 6.45) is 0.926. The van der Waals surface area contributed by atoms with E-state index in [0.717, 1.165) is 30.2 Å². The normalized spacial score (nSPS) is 14.5. The van der Waals surface area contributed by atoms with Crippen molar-refractivity contribution in [2.45, 2.75) is 6.42 Å². The van der Waals surface area contributed by atoms with Gasteiger partial charge in [0.2, 0.25) is 0 Å². The zero-order valence-corrected chi connectivity index (χ0v) is 8.79. The first kappa shape index (κ1) is 10.1. The fourth-order valence-electron chi connectivity index (χ4n) is 1.43. The van der Waals surface area contributed by atoms with Gasteiger partial charge in [0.1, 0.15) is 6.73 Å². The Hall–Kier alpha value is -1.42. The summed E-state index contributed by atoms with van der Waals surface area (Å²) >= 11 is 0. The maximum absolute atomic E-state index is 5.56. The van der Waals surface area contributed by atoms with E-state index >= 15 is 0 Å². The Morgan fingerprint density at radius 3 is 2.87 bits per heavy atom. The lowest BCUT2D eigenvalue weighted by atomic mass is 10.3. The molecule has 4 heteroatoms. The highest BCUT2D eigenvalue weighted by Gasteiger charge is 2.09. The molecule has 0 aromatic heterocycles. The van der Waals surface area contributed by atoms with Gasteiger partial charge in [0.15, 0.2) is 11.5 Å². The molecule has 1 aromatic carbocycles. The van der Waals surface area contributed by atoms with Crippen molar-refractivity contribution >= 4 is 5.69 Å². The predicted octanol–water partition coefficient (Wildman–Crippen LogP) is 1.86. The number of methoxy groups -OCH3 is 1. The van der Waals surface area contributed by atoms with Crippen LogP contribution >= 0.6 is 0 Å². The van der Waals surface area contributed by atoms with Gasteiger partial charge in [0, 0.05) is 25.3 Å². The third-order valence-corrected chi connectivity index (χ3v) is 2.17. The van der Waals surface area contributed by atoms with E-state index in [1.165, 1.54) is 0 Å². The number of fused-ring (bicyclic) bond motifs is 1. The smallest absolute Gasteiger partial charge is 0.163 e. The second kappa shape index (κ2) is 4.89. The Labute approximate surface area is 89.1 Å². The molecule has 0 aliphatic carbocycles. The van der Waals surface area contributed by atoms with Gasteiger partial charge in [-0.3, -0.25) is 0 Å². The molecule has 0 unspecified atom stereocenters. The quantitative estimate of drug-likeness (QED) is 0.771. The zero-order chi connectivity index (χ0) is 10.5. The Morgan fingerprint density at radius 2 is 2.07 bits per heavy atom. The van der Waals surface area contributed by atoms with Crippen molar-refractivity contribution in [3.8, 4) is 11.5 Å². The molecule has 0 spiro atoms. The highest BCUT2D eigenvalue weighted by Crippen LogP contribution is 2.32. The molecule has 82 valence electrons. The molecule has 1 N–H and O–H groups in total. The van der Waals surface area contributed by atoms with E-state index in [0.29, 0.717) is 13.3 Å². The lowest BCUT2D eigenvalue weighted by Crippen LogP contribution is -2.03. The topological polar surface area (TPSA) is 39.7 Å². The molecule has 0 amide bonds. The number of ether oxygens (including phenoxy) is 3. The first-order valence-electron chi connectivity index (χ1n) is 5.02. The van der Waals surface area contributed by atoms with Crippen molar-refractivity contribution in [1.29, 1.82) is 0 Å². The Balaban J connectivity index is 2.13. The van der Waals surface area contributed by atoms with Crippen molar-refractivity contribution in [2.24, 2.45) is 0 Å². The molecule has 2 rings (SSSR count). The number of anilines is 1. The van der Waals surface area contributed by atoms with E-state index < -0.39 is 0 Å². The van der Waals surface area contributed by atoms with Gasteiger partial charge < -0.3 is 19.5 Å². The largest absolute Gasteiger partial charge is 0.490 e. The maximum Gasteiger partial charge on any atom is 0.163 e. The van der Waals surface area contributed by atoms with Crippen LogP contribution in [0.5, 0.6) is 11.5 Å². The fraction of sp³-hybridized carbons (Fsp3) is 0.455. The SMILES string of the molecule is COCNc1ccc2c(c1)OCCCO2. The van der Waals surface area contributed by atoms with Crippen LogP contribution in [0.15, 0.2) is 18.2 Å². The van der Waals surface area contributed by atoms with Crippen LogP contribution in [-0.4, -0.2) is 27.1 Å². The van der Waals surface area contributed by atoms with Gasteiger partial charge in [-0.1, -0.05) is 0 Å². The lowest BCUT2D eigenvalue weighted by molar-refractivity contribution is 0.221.